The largest absolute Gasteiger partial charge is 0.386 e. The van der Waals surface area contributed by atoms with Crippen LogP contribution in [0.3, 0.4) is 0 Å². The Balaban J connectivity index is 2.04. The molecule has 0 aromatic heterocycles. The summed E-state index contributed by atoms with van der Waals surface area (Å²) in [6.45, 7) is 0.441. The van der Waals surface area contributed by atoms with Crippen molar-refractivity contribution in [1.82, 2.24) is 5.32 Å². The zero-order valence-corrected chi connectivity index (χ0v) is 10.5. The van der Waals surface area contributed by atoms with Crippen molar-refractivity contribution in [3.05, 3.63) is 39.7 Å². The fraction of sp³-hybridized carbons (Fsp3) is 0.417. The van der Waals surface area contributed by atoms with Gasteiger partial charge in [-0.25, -0.2) is 4.39 Å². The van der Waals surface area contributed by atoms with E-state index in [1.165, 1.54) is 0 Å². The molecule has 1 atom stereocenters. The summed E-state index contributed by atoms with van der Waals surface area (Å²) in [4.78, 5) is 21.5. The number of carbonyl (C=O) groups is 1. The van der Waals surface area contributed by atoms with E-state index in [0.717, 1.165) is 12.1 Å². The van der Waals surface area contributed by atoms with Crippen molar-refractivity contribution >= 4 is 11.6 Å². The van der Waals surface area contributed by atoms with E-state index in [1.807, 2.05) is 0 Å². The normalized spacial score (nSPS) is 21.7. The summed E-state index contributed by atoms with van der Waals surface area (Å²) in [5.74, 6) is -1.72. The molecule has 20 heavy (non-hydrogen) atoms. The molecule has 1 amide bonds. The van der Waals surface area contributed by atoms with Crippen LogP contribution >= 0.6 is 0 Å². The lowest BCUT2D eigenvalue weighted by Gasteiger charge is -2.20. The van der Waals surface area contributed by atoms with Crippen molar-refractivity contribution < 1.29 is 24.0 Å². The third-order valence-electron chi connectivity index (χ3n) is 3.07. The molecule has 1 aromatic carbocycles. The predicted molar refractivity (Wildman–Crippen MR) is 65.8 cm³/mol. The number of non-ortho nitro benzene ring substituents is 1. The van der Waals surface area contributed by atoms with Crippen LogP contribution < -0.4 is 5.32 Å². The molecule has 1 aromatic rings. The summed E-state index contributed by atoms with van der Waals surface area (Å²) in [6.07, 6.45) is 0.385. The number of aliphatic hydroxyl groups is 1. The summed E-state index contributed by atoms with van der Waals surface area (Å²) < 4.78 is 18.6. The molecule has 1 heterocycles. The van der Waals surface area contributed by atoms with Crippen molar-refractivity contribution in [2.24, 2.45) is 0 Å². The van der Waals surface area contributed by atoms with E-state index >= 15 is 0 Å². The van der Waals surface area contributed by atoms with Crippen LogP contribution in [0.25, 0.3) is 0 Å². The average Bonchev–Trinajstić information content (AvgIpc) is 2.83. The van der Waals surface area contributed by atoms with Gasteiger partial charge in [0.05, 0.1) is 23.2 Å². The summed E-state index contributed by atoms with van der Waals surface area (Å²) >= 11 is 0. The highest BCUT2D eigenvalue weighted by molar-refractivity contribution is 5.94. The quantitative estimate of drug-likeness (QED) is 0.623. The number of nitrogens with one attached hydrogen (secondary N) is 1. The van der Waals surface area contributed by atoms with E-state index in [9.17, 15) is 24.4 Å². The molecule has 7 nitrogen and oxygen atoms in total. The molecule has 0 aliphatic carbocycles. The average molecular weight is 284 g/mol. The van der Waals surface area contributed by atoms with Crippen LogP contribution in [-0.2, 0) is 4.74 Å². The molecule has 0 saturated carbocycles. The fourth-order valence-corrected chi connectivity index (χ4v) is 1.88. The first-order valence-corrected chi connectivity index (χ1v) is 5.94. The van der Waals surface area contributed by atoms with E-state index < -0.39 is 27.9 Å². The highest BCUT2D eigenvalue weighted by Gasteiger charge is 2.32. The van der Waals surface area contributed by atoms with Crippen LogP contribution in [0, 0.1) is 15.9 Å². The zero-order chi connectivity index (χ0) is 14.8. The molecule has 0 bridgehead atoms. The Hall–Kier alpha value is -2.06. The summed E-state index contributed by atoms with van der Waals surface area (Å²) in [7, 11) is 0. The van der Waals surface area contributed by atoms with Crippen LogP contribution in [0.4, 0.5) is 10.1 Å². The van der Waals surface area contributed by atoms with Gasteiger partial charge in [-0.15, -0.1) is 0 Å². The number of nitrogens with zero attached hydrogens (tertiary/aromatic N) is 1. The van der Waals surface area contributed by atoms with Gasteiger partial charge in [-0.3, -0.25) is 14.9 Å². The summed E-state index contributed by atoms with van der Waals surface area (Å²) in [5.41, 5.74) is -1.88. The first-order valence-electron chi connectivity index (χ1n) is 5.94. The molecule has 1 saturated heterocycles. The Morgan fingerprint density at radius 1 is 1.60 bits per heavy atom. The van der Waals surface area contributed by atoms with Gasteiger partial charge < -0.3 is 15.2 Å². The van der Waals surface area contributed by atoms with Crippen molar-refractivity contribution in [3.8, 4) is 0 Å². The topological polar surface area (TPSA) is 102 Å². The lowest BCUT2D eigenvalue weighted by molar-refractivity contribution is -0.385. The Labute approximate surface area is 113 Å². The molecule has 108 valence electrons. The minimum Gasteiger partial charge on any atom is -0.386 e. The van der Waals surface area contributed by atoms with Crippen LogP contribution in [0.15, 0.2) is 18.2 Å². The maximum absolute atomic E-state index is 13.6. The maximum Gasteiger partial charge on any atom is 0.272 e. The third-order valence-corrected chi connectivity index (χ3v) is 3.07. The summed E-state index contributed by atoms with van der Waals surface area (Å²) in [6, 6.07) is 2.77. The molecule has 1 aliphatic heterocycles. The smallest absolute Gasteiger partial charge is 0.272 e. The minimum absolute atomic E-state index is 0.0672. The molecular formula is C12H13FN2O5. The van der Waals surface area contributed by atoms with Crippen LogP contribution in [0.2, 0.25) is 0 Å². The molecule has 2 rings (SSSR count). The van der Waals surface area contributed by atoms with Gasteiger partial charge in [0.1, 0.15) is 11.4 Å². The highest BCUT2D eigenvalue weighted by Crippen LogP contribution is 2.19. The molecular weight excluding hydrogens is 271 g/mol. The number of ether oxygens (including phenoxy) is 1. The number of nitro groups is 1. The number of halogens is 1. The predicted octanol–water partition coefficient (Wildman–Crippen LogP) is 0.615. The van der Waals surface area contributed by atoms with Crippen LogP contribution in [0.5, 0.6) is 0 Å². The summed E-state index contributed by atoms with van der Waals surface area (Å²) in [5, 5.41) is 22.8. The number of amides is 1. The van der Waals surface area contributed by atoms with Crippen molar-refractivity contribution in [2.45, 2.75) is 12.0 Å². The van der Waals surface area contributed by atoms with Crippen LogP contribution in [0.1, 0.15) is 16.8 Å². The maximum atomic E-state index is 13.6. The molecule has 8 heteroatoms. The Bertz CT molecular complexity index is 543. The fourth-order valence-electron chi connectivity index (χ4n) is 1.88. The lowest BCUT2D eigenvalue weighted by Crippen LogP contribution is -2.43. The Morgan fingerprint density at radius 2 is 2.35 bits per heavy atom. The van der Waals surface area contributed by atoms with E-state index in [2.05, 4.69) is 5.32 Å². The molecule has 1 unspecified atom stereocenters. The first kappa shape index (κ1) is 14.4. The van der Waals surface area contributed by atoms with Gasteiger partial charge in [0.2, 0.25) is 0 Å². The molecule has 1 aliphatic rings. The second-order valence-electron chi connectivity index (χ2n) is 4.63. The lowest BCUT2D eigenvalue weighted by atomic mass is 10.0. The van der Waals surface area contributed by atoms with E-state index in [4.69, 9.17) is 4.74 Å². The second-order valence-corrected chi connectivity index (χ2v) is 4.63. The van der Waals surface area contributed by atoms with Gasteiger partial charge in [0.15, 0.2) is 0 Å². The van der Waals surface area contributed by atoms with Gasteiger partial charge in [-0.1, -0.05) is 0 Å². The number of carbonyl (C=O) groups excluding carboxylic acids is 1. The van der Waals surface area contributed by atoms with Crippen LogP contribution in [-0.4, -0.2) is 41.3 Å². The second kappa shape index (κ2) is 5.51. The molecule has 0 spiro atoms. The van der Waals surface area contributed by atoms with Gasteiger partial charge in [0.25, 0.3) is 11.6 Å². The van der Waals surface area contributed by atoms with Gasteiger partial charge in [-0.2, -0.15) is 0 Å². The number of nitro benzene ring substituents is 1. The number of hydrogen-bond acceptors (Lipinski definition) is 5. The van der Waals surface area contributed by atoms with Gasteiger partial charge in [0, 0.05) is 25.6 Å². The Kier molecular flexibility index (Phi) is 3.96. The molecule has 0 radical (unpaired) electrons. The van der Waals surface area contributed by atoms with Gasteiger partial charge in [-0.05, 0) is 6.07 Å². The van der Waals surface area contributed by atoms with Crippen molar-refractivity contribution in [3.63, 3.8) is 0 Å². The first-order chi connectivity index (χ1) is 9.41. The van der Waals surface area contributed by atoms with Gasteiger partial charge >= 0.3 is 0 Å². The number of hydrogen-bond donors (Lipinski definition) is 2. The number of benzene rings is 1. The molecule has 2 N–H and O–H groups in total. The van der Waals surface area contributed by atoms with E-state index in [-0.39, 0.29) is 18.7 Å². The Morgan fingerprint density at radius 3 is 2.90 bits per heavy atom. The van der Waals surface area contributed by atoms with E-state index in [1.54, 1.807) is 0 Å². The van der Waals surface area contributed by atoms with Crippen molar-refractivity contribution in [1.29, 1.82) is 0 Å². The zero-order valence-electron chi connectivity index (χ0n) is 10.5. The third kappa shape index (κ3) is 3.09. The molecule has 1 fully saturated rings. The highest BCUT2D eigenvalue weighted by atomic mass is 19.1. The monoisotopic (exact) mass is 284 g/mol. The van der Waals surface area contributed by atoms with E-state index in [0.29, 0.717) is 19.1 Å². The number of rotatable bonds is 4. The van der Waals surface area contributed by atoms with Crippen molar-refractivity contribution in [2.75, 3.05) is 19.8 Å². The minimum atomic E-state index is -1.15. The SMILES string of the molecule is O=C(NCC1(O)CCOC1)c1ccc([N+](=O)[O-])cc1F. The standard InChI is InChI=1S/C12H13FN2O5/c13-10-5-8(15(18)19)1-2-9(10)11(16)14-6-12(17)3-4-20-7-12/h1-2,5,17H,3-4,6-7H2,(H,14,16).